The molecule has 0 amide bonds. The van der Waals surface area contributed by atoms with Crippen LogP contribution in [0.5, 0.6) is 0 Å². The van der Waals surface area contributed by atoms with E-state index in [4.69, 9.17) is 9.47 Å². The number of rotatable bonds is 8. The zero-order valence-corrected chi connectivity index (χ0v) is 17.9. The topological polar surface area (TPSA) is 55.8 Å². The molecule has 156 valence electrons. The van der Waals surface area contributed by atoms with Crippen LogP contribution in [0.25, 0.3) is 0 Å². The Bertz CT molecular complexity index is 637. The van der Waals surface area contributed by atoms with Gasteiger partial charge in [-0.2, -0.15) is 0 Å². The maximum absolute atomic E-state index is 12.2. The van der Waals surface area contributed by atoms with E-state index in [0.717, 1.165) is 31.6 Å². The summed E-state index contributed by atoms with van der Waals surface area (Å²) >= 11 is 0. The first-order valence-corrected chi connectivity index (χ1v) is 10.6. The predicted octanol–water partition coefficient (Wildman–Crippen LogP) is 4.69. The van der Waals surface area contributed by atoms with Crippen molar-refractivity contribution < 1.29 is 19.1 Å². The minimum atomic E-state index is -0.500. The highest BCUT2D eigenvalue weighted by Crippen LogP contribution is 2.35. The van der Waals surface area contributed by atoms with Gasteiger partial charge in [0.15, 0.2) is 6.61 Å². The van der Waals surface area contributed by atoms with E-state index in [9.17, 15) is 9.59 Å². The van der Waals surface area contributed by atoms with Gasteiger partial charge in [0.1, 0.15) is 6.10 Å². The second-order valence-electron chi connectivity index (χ2n) is 8.15. The molecule has 0 unspecified atom stereocenters. The van der Waals surface area contributed by atoms with Gasteiger partial charge >= 0.3 is 11.9 Å². The number of hydrogen-bond acceptors (Lipinski definition) is 5. The fourth-order valence-electron chi connectivity index (χ4n) is 4.06. The lowest BCUT2D eigenvalue weighted by Gasteiger charge is -2.36. The number of carbonyl (C=O) groups is 2. The van der Waals surface area contributed by atoms with Crippen LogP contribution < -0.4 is 4.90 Å². The summed E-state index contributed by atoms with van der Waals surface area (Å²) in [6.45, 7) is 12.2. The normalized spacial score (nSPS) is 22.0. The fraction of sp³-hybridized carbons (Fsp3) is 0.652. The van der Waals surface area contributed by atoms with Crippen molar-refractivity contribution in [2.45, 2.75) is 60.0 Å². The molecule has 1 aromatic rings. The lowest BCUT2D eigenvalue weighted by Crippen LogP contribution is -2.36. The molecule has 1 fully saturated rings. The molecule has 0 heterocycles. The van der Waals surface area contributed by atoms with Crippen molar-refractivity contribution in [1.82, 2.24) is 0 Å². The highest BCUT2D eigenvalue weighted by atomic mass is 16.6. The SMILES string of the molecule is CCN(CC)c1ccc(C(=O)OCC(=O)O[C@@H]2C[C@@H](C)CC[C@@H]2C(C)C)cc1. The molecule has 1 aromatic carbocycles. The molecule has 0 radical (unpaired) electrons. The van der Waals surface area contributed by atoms with Gasteiger partial charge in [-0.05, 0) is 68.7 Å². The molecule has 1 aliphatic rings. The smallest absolute Gasteiger partial charge is 0.344 e. The first-order chi connectivity index (χ1) is 13.3. The molecule has 0 spiro atoms. The minimum Gasteiger partial charge on any atom is -0.460 e. The molecule has 1 saturated carbocycles. The van der Waals surface area contributed by atoms with E-state index in [0.29, 0.717) is 23.3 Å². The molecule has 0 saturated heterocycles. The van der Waals surface area contributed by atoms with Gasteiger partial charge in [-0.1, -0.05) is 27.2 Å². The molecular weight excluding hydrogens is 354 g/mol. The van der Waals surface area contributed by atoms with Crippen LogP contribution in [0.1, 0.15) is 64.2 Å². The Balaban J connectivity index is 1.87. The standard InChI is InChI=1S/C23H35NO4/c1-6-24(7-2)19-11-9-18(10-12-19)23(26)27-15-22(25)28-21-14-17(5)8-13-20(21)16(3)4/h9-12,16-17,20-21H,6-8,13-15H2,1-5H3/t17-,20+,21+/m0/s1. The van der Waals surface area contributed by atoms with Crippen molar-refractivity contribution in [2.75, 3.05) is 24.6 Å². The second kappa shape index (κ2) is 10.5. The summed E-state index contributed by atoms with van der Waals surface area (Å²) in [7, 11) is 0. The Kier molecular flexibility index (Phi) is 8.34. The first-order valence-electron chi connectivity index (χ1n) is 10.6. The van der Waals surface area contributed by atoms with Crippen LogP contribution >= 0.6 is 0 Å². The Hall–Kier alpha value is -2.04. The Morgan fingerprint density at radius 2 is 1.75 bits per heavy atom. The van der Waals surface area contributed by atoms with Crippen LogP contribution in [-0.2, 0) is 14.3 Å². The van der Waals surface area contributed by atoms with Crippen LogP contribution in [-0.4, -0.2) is 37.7 Å². The molecule has 0 aliphatic heterocycles. The quantitative estimate of drug-likeness (QED) is 0.604. The lowest BCUT2D eigenvalue weighted by molar-refractivity contribution is -0.159. The van der Waals surface area contributed by atoms with Gasteiger partial charge in [0.2, 0.25) is 0 Å². The van der Waals surface area contributed by atoms with Gasteiger partial charge in [-0.25, -0.2) is 9.59 Å². The van der Waals surface area contributed by atoms with Crippen molar-refractivity contribution in [1.29, 1.82) is 0 Å². The third-order valence-electron chi connectivity index (χ3n) is 5.80. The minimum absolute atomic E-state index is 0.0803. The Morgan fingerprint density at radius 3 is 2.32 bits per heavy atom. The molecule has 1 aliphatic carbocycles. The van der Waals surface area contributed by atoms with Crippen LogP contribution in [0, 0.1) is 17.8 Å². The van der Waals surface area contributed by atoms with E-state index in [-0.39, 0.29) is 12.7 Å². The third kappa shape index (κ3) is 5.98. The molecule has 5 heteroatoms. The highest BCUT2D eigenvalue weighted by Gasteiger charge is 2.33. The number of benzene rings is 1. The van der Waals surface area contributed by atoms with Gasteiger partial charge in [0.25, 0.3) is 0 Å². The summed E-state index contributed by atoms with van der Waals surface area (Å²) in [6, 6.07) is 7.27. The van der Waals surface area contributed by atoms with Gasteiger partial charge in [-0.15, -0.1) is 0 Å². The number of hydrogen-bond donors (Lipinski definition) is 0. The summed E-state index contributed by atoms with van der Waals surface area (Å²) in [5, 5.41) is 0. The second-order valence-corrected chi connectivity index (χ2v) is 8.15. The average molecular weight is 390 g/mol. The van der Waals surface area contributed by atoms with E-state index < -0.39 is 11.9 Å². The van der Waals surface area contributed by atoms with Crippen LogP contribution in [0.2, 0.25) is 0 Å². The zero-order chi connectivity index (χ0) is 20.7. The van der Waals surface area contributed by atoms with Crippen molar-refractivity contribution in [2.24, 2.45) is 17.8 Å². The maximum Gasteiger partial charge on any atom is 0.344 e. The zero-order valence-electron chi connectivity index (χ0n) is 17.9. The van der Waals surface area contributed by atoms with Crippen molar-refractivity contribution in [3.8, 4) is 0 Å². The molecule has 0 aromatic heterocycles. The summed E-state index contributed by atoms with van der Waals surface area (Å²) in [4.78, 5) is 26.7. The van der Waals surface area contributed by atoms with Crippen molar-refractivity contribution >= 4 is 17.6 Å². The highest BCUT2D eigenvalue weighted by molar-refractivity contribution is 5.91. The Morgan fingerprint density at radius 1 is 1.11 bits per heavy atom. The van der Waals surface area contributed by atoms with E-state index in [1.807, 2.05) is 12.1 Å². The van der Waals surface area contributed by atoms with E-state index >= 15 is 0 Å². The van der Waals surface area contributed by atoms with E-state index in [2.05, 4.69) is 39.5 Å². The molecule has 2 rings (SSSR count). The lowest BCUT2D eigenvalue weighted by atomic mass is 9.75. The van der Waals surface area contributed by atoms with Crippen LogP contribution in [0.3, 0.4) is 0 Å². The van der Waals surface area contributed by atoms with E-state index in [1.165, 1.54) is 6.42 Å². The van der Waals surface area contributed by atoms with Gasteiger partial charge in [0, 0.05) is 18.8 Å². The molecule has 0 bridgehead atoms. The third-order valence-corrected chi connectivity index (χ3v) is 5.80. The van der Waals surface area contributed by atoms with E-state index in [1.54, 1.807) is 12.1 Å². The first kappa shape index (κ1) is 22.3. The number of ether oxygens (including phenoxy) is 2. The number of carbonyl (C=O) groups excluding carboxylic acids is 2. The molecule has 28 heavy (non-hydrogen) atoms. The summed E-state index contributed by atoms with van der Waals surface area (Å²) in [6.07, 6.45) is 3.06. The number of nitrogens with zero attached hydrogens (tertiary/aromatic N) is 1. The van der Waals surface area contributed by atoms with Gasteiger partial charge in [0.05, 0.1) is 5.56 Å². The van der Waals surface area contributed by atoms with Gasteiger partial charge < -0.3 is 14.4 Å². The predicted molar refractivity (Wildman–Crippen MR) is 112 cm³/mol. The summed E-state index contributed by atoms with van der Waals surface area (Å²) in [5.74, 6) is 0.443. The average Bonchev–Trinajstić information content (AvgIpc) is 2.67. The maximum atomic E-state index is 12.2. The summed E-state index contributed by atoms with van der Waals surface area (Å²) < 4.78 is 10.9. The molecular formula is C23H35NO4. The van der Waals surface area contributed by atoms with Crippen molar-refractivity contribution in [3.63, 3.8) is 0 Å². The largest absolute Gasteiger partial charge is 0.460 e. The van der Waals surface area contributed by atoms with Crippen LogP contribution in [0.15, 0.2) is 24.3 Å². The molecule has 0 N–H and O–H groups in total. The summed E-state index contributed by atoms with van der Waals surface area (Å²) in [5.41, 5.74) is 1.50. The monoisotopic (exact) mass is 389 g/mol. The van der Waals surface area contributed by atoms with Crippen LogP contribution in [0.4, 0.5) is 5.69 Å². The van der Waals surface area contributed by atoms with Crippen molar-refractivity contribution in [3.05, 3.63) is 29.8 Å². The number of anilines is 1. The fourth-order valence-corrected chi connectivity index (χ4v) is 4.06. The molecule has 3 atom stereocenters. The number of esters is 2. The van der Waals surface area contributed by atoms with Gasteiger partial charge in [-0.3, -0.25) is 0 Å². The molecule has 5 nitrogen and oxygen atoms in total. The Labute approximate surface area is 169 Å².